The van der Waals surface area contributed by atoms with Crippen molar-refractivity contribution in [1.29, 1.82) is 0 Å². The summed E-state index contributed by atoms with van der Waals surface area (Å²) >= 11 is 0. The van der Waals surface area contributed by atoms with Crippen LogP contribution in [0.4, 0.5) is 0 Å². The standard InChI is InChI=1S/C17H24N2O2/c1-11(2)21-9-5-8-18-17(20)14-6-7-16-15(10-14)12(3)13(4)19-16/h6-7,10-11,19H,5,8-9H2,1-4H3,(H,18,20). The monoisotopic (exact) mass is 288 g/mol. The molecule has 0 bridgehead atoms. The van der Waals surface area contributed by atoms with Crippen LogP contribution in [0.3, 0.4) is 0 Å². The summed E-state index contributed by atoms with van der Waals surface area (Å²) in [6.07, 6.45) is 1.07. The molecule has 4 nitrogen and oxygen atoms in total. The van der Waals surface area contributed by atoms with Gasteiger partial charge in [-0.3, -0.25) is 4.79 Å². The number of H-pyrrole nitrogens is 1. The van der Waals surface area contributed by atoms with Gasteiger partial charge in [0.05, 0.1) is 6.10 Å². The zero-order valence-electron chi connectivity index (χ0n) is 13.2. The number of aromatic amines is 1. The minimum atomic E-state index is -0.0281. The van der Waals surface area contributed by atoms with Gasteiger partial charge >= 0.3 is 0 Å². The van der Waals surface area contributed by atoms with Crippen LogP contribution in [0.15, 0.2) is 18.2 Å². The van der Waals surface area contributed by atoms with Crippen LogP contribution in [0, 0.1) is 13.8 Å². The molecule has 0 fully saturated rings. The smallest absolute Gasteiger partial charge is 0.251 e. The lowest BCUT2D eigenvalue weighted by atomic mass is 10.1. The van der Waals surface area contributed by atoms with E-state index in [4.69, 9.17) is 4.74 Å². The van der Waals surface area contributed by atoms with Crippen molar-refractivity contribution >= 4 is 16.8 Å². The number of amides is 1. The van der Waals surface area contributed by atoms with Crippen LogP contribution < -0.4 is 5.32 Å². The van der Waals surface area contributed by atoms with Crippen LogP contribution >= 0.6 is 0 Å². The summed E-state index contributed by atoms with van der Waals surface area (Å²) in [6.45, 7) is 9.44. The third-order valence-electron chi connectivity index (χ3n) is 3.63. The molecule has 0 saturated carbocycles. The molecule has 1 heterocycles. The first-order chi connectivity index (χ1) is 9.99. The molecule has 0 aliphatic rings. The Kier molecular flexibility index (Phi) is 5.02. The van der Waals surface area contributed by atoms with Crippen LogP contribution in [0.2, 0.25) is 0 Å². The number of fused-ring (bicyclic) bond motifs is 1. The number of ether oxygens (including phenoxy) is 1. The molecule has 0 aliphatic heterocycles. The fraction of sp³-hybridized carbons (Fsp3) is 0.471. The number of benzene rings is 1. The number of hydrogen-bond acceptors (Lipinski definition) is 2. The molecule has 0 unspecified atom stereocenters. The molecule has 0 radical (unpaired) electrons. The van der Waals surface area contributed by atoms with Crippen LogP contribution in [0.25, 0.3) is 10.9 Å². The Balaban J connectivity index is 1.95. The zero-order valence-corrected chi connectivity index (χ0v) is 13.2. The second kappa shape index (κ2) is 6.76. The minimum absolute atomic E-state index is 0.0281. The predicted octanol–water partition coefficient (Wildman–Crippen LogP) is 3.33. The van der Waals surface area contributed by atoms with Gasteiger partial charge in [0.1, 0.15) is 0 Å². The first kappa shape index (κ1) is 15.6. The Morgan fingerprint density at radius 2 is 2.10 bits per heavy atom. The summed E-state index contributed by atoms with van der Waals surface area (Å²) in [5.74, 6) is -0.0281. The van der Waals surface area contributed by atoms with Crippen LogP contribution in [-0.2, 0) is 4.74 Å². The van der Waals surface area contributed by atoms with Crippen molar-refractivity contribution in [2.24, 2.45) is 0 Å². The molecule has 0 atom stereocenters. The molecule has 0 aliphatic carbocycles. The third-order valence-corrected chi connectivity index (χ3v) is 3.63. The van der Waals surface area contributed by atoms with Crippen LogP contribution in [0.1, 0.15) is 41.9 Å². The maximum Gasteiger partial charge on any atom is 0.251 e. The first-order valence-electron chi connectivity index (χ1n) is 7.47. The van der Waals surface area contributed by atoms with Crippen molar-refractivity contribution in [3.05, 3.63) is 35.0 Å². The Morgan fingerprint density at radius 1 is 1.33 bits per heavy atom. The molecular weight excluding hydrogens is 264 g/mol. The number of nitrogens with one attached hydrogen (secondary N) is 2. The molecule has 4 heteroatoms. The second-order valence-corrected chi connectivity index (χ2v) is 5.66. The summed E-state index contributed by atoms with van der Waals surface area (Å²) in [6, 6.07) is 5.78. The van der Waals surface area contributed by atoms with Gasteiger partial charge in [0.25, 0.3) is 5.91 Å². The third kappa shape index (κ3) is 3.85. The summed E-state index contributed by atoms with van der Waals surface area (Å²) < 4.78 is 5.45. The molecule has 2 rings (SSSR count). The van der Waals surface area contributed by atoms with Gasteiger partial charge in [-0.15, -0.1) is 0 Å². The average molecular weight is 288 g/mol. The number of aryl methyl sites for hydroxylation is 2. The highest BCUT2D eigenvalue weighted by Crippen LogP contribution is 2.22. The molecule has 0 spiro atoms. The van der Waals surface area contributed by atoms with E-state index in [1.54, 1.807) is 0 Å². The topological polar surface area (TPSA) is 54.1 Å². The van der Waals surface area contributed by atoms with Gasteiger partial charge in [-0.2, -0.15) is 0 Å². The van der Waals surface area contributed by atoms with E-state index in [2.05, 4.69) is 17.2 Å². The Morgan fingerprint density at radius 3 is 2.81 bits per heavy atom. The van der Waals surface area contributed by atoms with Crippen LogP contribution in [0.5, 0.6) is 0 Å². The molecular formula is C17H24N2O2. The number of aromatic nitrogens is 1. The fourth-order valence-corrected chi connectivity index (χ4v) is 2.30. The highest BCUT2D eigenvalue weighted by atomic mass is 16.5. The quantitative estimate of drug-likeness (QED) is 0.801. The maximum atomic E-state index is 12.1. The van der Waals surface area contributed by atoms with Gasteiger partial charge in [0, 0.05) is 35.3 Å². The van der Waals surface area contributed by atoms with E-state index in [-0.39, 0.29) is 12.0 Å². The lowest BCUT2D eigenvalue weighted by Crippen LogP contribution is -2.25. The van der Waals surface area contributed by atoms with E-state index < -0.39 is 0 Å². The van der Waals surface area contributed by atoms with Gasteiger partial charge in [0.2, 0.25) is 0 Å². The molecule has 21 heavy (non-hydrogen) atoms. The van der Waals surface area contributed by atoms with E-state index in [1.807, 2.05) is 39.0 Å². The Labute approximate surface area is 125 Å². The predicted molar refractivity (Wildman–Crippen MR) is 85.8 cm³/mol. The first-order valence-corrected chi connectivity index (χ1v) is 7.47. The van der Waals surface area contributed by atoms with E-state index in [9.17, 15) is 4.79 Å². The van der Waals surface area contributed by atoms with Gasteiger partial charge in [-0.25, -0.2) is 0 Å². The Hall–Kier alpha value is -1.81. The van der Waals surface area contributed by atoms with E-state index in [0.29, 0.717) is 18.7 Å². The van der Waals surface area contributed by atoms with E-state index >= 15 is 0 Å². The van der Waals surface area contributed by atoms with Gasteiger partial charge in [-0.05, 0) is 57.9 Å². The summed E-state index contributed by atoms with van der Waals surface area (Å²) in [5.41, 5.74) is 4.12. The number of rotatable bonds is 6. The lowest BCUT2D eigenvalue weighted by Gasteiger charge is -2.08. The van der Waals surface area contributed by atoms with E-state index in [0.717, 1.165) is 23.0 Å². The second-order valence-electron chi connectivity index (χ2n) is 5.66. The SMILES string of the molecule is Cc1[nH]c2ccc(C(=O)NCCCOC(C)C)cc2c1C. The summed E-state index contributed by atoms with van der Waals surface area (Å²) in [7, 11) is 0. The Bertz CT molecular complexity index is 629. The molecule has 1 amide bonds. The van der Waals surface area contributed by atoms with Gasteiger partial charge < -0.3 is 15.0 Å². The largest absolute Gasteiger partial charge is 0.379 e. The number of hydrogen-bond donors (Lipinski definition) is 2. The maximum absolute atomic E-state index is 12.1. The van der Waals surface area contributed by atoms with Crippen molar-refractivity contribution in [2.45, 2.75) is 40.2 Å². The average Bonchev–Trinajstić information content (AvgIpc) is 2.73. The summed E-state index contributed by atoms with van der Waals surface area (Å²) in [5, 5.41) is 4.05. The van der Waals surface area contributed by atoms with Crippen molar-refractivity contribution in [3.8, 4) is 0 Å². The van der Waals surface area contributed by atoms with Crippen molar-refractivity contribution < 1.29 is 9.53 Å². The summed E-state index contributed by atoms with van der Waals surface area (Å²) in [4.78, 5) is 15.5. The molecule has 2 N–H and O–H groups in total. The normalized spacial score (nSPS) is 11.3. The molecule has 1 aromatic heterocycles. The van der Waals surface area contributed by atoms with Gasteiger partial charge in [0.15, 0.2) is 0 Å². The van der Waals surface area contributed by atoms with Crippen molar-refractivity contribution in [3.63, 3.8) is 0 Å². The lowest BCUT2D eigenvalue weighted by molar-refractivity contribution is 0.0757. The number of carbonyl (C=O) groups excluding carboxylic acids is 1. The van der Waals surface area contributed by atoms with Crippen molar-refractivity contribution in [1.82, 2.24) is 10.3 Å². The van der Waals surface area contributed by atoms with Crippen LogP contribution in [-0.4, -0.2) is 30.1 Å². The minimum Gasteiger partial charge on any atom is -0.379 e. The molecule has 114 valence electrons. The number of carbonyl (C=O) groups is 1. The highest BCUT2D eigenvalue weighted by molar-refractivity contribution is 5.99. The van der Waals surface area contributed by atoms with Crippen molar-refractivity contribution in [2.75, 3.05) is 13.2 Å². The highest BCUT2D eigenvalue weighted by Gasteiger charge is 2.09. The fourth-order valence-electron chi connectivity index (χ4n) is 2.30. The van der Waals surface area contributed by atoms with E-state index in [1.165, 1.54) is 5.56 Å². The molecule has 0 saturated heterocycles. The van der Waals surface area contributed by atoms with Gasteiger partial charge in [-0.1, -0.05) is 0 Å². The zero-order chi connectivity index (χ0) is 15.4. The molecule has 2 aromatic rings. The molecule has 1 aromatic carbocycles.